The Morgan fingerprint density at radius 2 is 2.05 bits per heavy atom. The van der Waals surface area contributed by atoms with Crippen LogP contribution in [0.25, 0.3) is 0 Å². The van der Waals surface area contributed by atoms with Gasteiger partial charge < -0.3 is 20.3 Å². The van der Waals surface area contributed by atoms with Crippen molar-refractivity contribution in [1.29, 1.82) is 0 Å². The van der Waals surface area contributed by atoms with Gasteiger partial charge in [0.1, 0.15) is 17.9 Å². The second-order valence-corrected chi connectivity index (χ2v) is 5.33. The summed E-state index contributed by atoms with van der Waals surface area (Å²) in [6.07, 6.45) is 0.377. The fraction of sp³-hybridized carbons (Fsp3) is 0.467. The maximum Gasteiger partial charge on any atom is 0.326 e. The van der Waals surface area contributed by atoms with Gasteiger partial charge in [0.25, 0.3) is 0 Å². The summed E-state index contributed by atoms with van der Waals surface area (Å²) in [6.45, 7) is 2.43. The molecular weight excluding hydrogens is 274 g/mol. The molecule has 0 aromatic heterocycles. The summed E-state index contributed by atoms with van der Waals surface area (Å²) in [5, 5.41) is 21.0. The number of amides is 1. The predicted octanol–water partition coefficient (Wildman–Crippen LogP) is 0.929. The molecule has 1 saturated heterocycles. The Morgan fingerprint density at radius 1 is 1.38 bits per heavy atom. The van der Waals surface area contributed by atoms with E-state index in [1.54, 1.807) is 12.1 Å². The van der Waals surface area contributed by atoms with Crippen molar-refractivity contribution in [3.05, 3.63) is 29.8 Å². The van der Waals surface area contributed by atoms with Crippen molar-refractivity contribution in [2.45, 2.75) is 31.9 Å². The largest absolute Gasteiger partial charge is 0.508 e. The normalized spacial score (nSPS) is 22.7. The third-order valence-corrected chi connectivity index (χ3v) is 3.64. The Bertz CT molecular complexity index is 513. The molecule has 21 heavy (non-hydrogen) atoms. The maximum absolute atomic E-state index is 12.1. The van der Waals surface area contributed by atoms with E-state index in [1.807, 2.05) is 6.92 Å². The van der Waals surface area contributed by atoms with E-state index in [9.17, 15) is 19.8 Å². The average Bonchev–Trinajstić information content (AvgIpc) is 2.86. The number of aliphatic carboxylic acids is 1. The number of carboxylic acid groups (broad SMARTS) is 1. The van der Waals surface area contributed by atoms with Gasteiger partial charge in [-0.15, -0.1) is 0 Å². The summed E-state index contributed by atoms with van der Waals surface area (Å²) in [6, 6.07) is 5.22. The van der Waals surface area contributed by atoms with Gasteiger partial charge in [-0.05, 0) is 30.0 Å². The lowest BCUT2D eigenvalue weighted by atomic mass is 10.0. The first-order valence-electron chi connectivity index (χ1n) is 6.90. The molecule has 6 nitrogen and oxygen atoms in total. The molecule has 1 aliphatic rings. The third-order valence-electron chi connectivity index (χ3n) is 3.64. The number of carbonyl (C=O) groups excluding carboxylic acids is 1. The molecule has 0 saturated carbocycles. The van der Waals surface area contributed by atoms with Gasteiger partial charge in [-0.2, -0.15) is 0 Å². The van der Waals surface area contributed by atoms with Crippen molar-refractivity contribution < 1.29 is 24.5 Å². The molecule has 0 spiro atoms. The first-order chi connectivity index (χ1) is 9.97. The summed E-state index contributed by atoms with van der Waals surface area (Å²) in [5.74, 6) is -1.27. The number of carboxylic acids is 1. The number of phenols is 1. The van der Waals surface area contributed by atoms with Crippen LogP contribution in [-0.4, -0.2) is 40.8 Å². The van der Waals surface area contributed by atoms with E-state index in [1.165, 1.54) is 12.1 Å². The molecule has 0 radical (unpaired) electrons. The summed E-state index contributed by atoms with van der Waals surface area (Å²) in [7, 11) is 0. The van der Waals surface area contributed by atoms with Gasteiger partial charge >= 0.3 is 5.97 Å². The molecule has 1 aromatic carbocycles. The number of phenolic OH excluding ortho intramolecular Hbond substituents is 1. The summed E-state index contributed by atoms with van der Waals surface area (Å²) in [5.41, 5.74) is 0.723. The molecule has 3 atom stereocenters. The second-order valence-electron chi connectivity index (χ2n) is 5.33. The minimum absolute atomic E-state index is 0.0908. The average molecular weight is 293 g/mol. The molecule has 3 N–H and O–H groups in total. The molecule has 1 fully saturated rings. The molecule has 3 unspecified atom stereocenters. The zero-order chi connectivity index (χ0) is 15.4. The highest BCUT2D eigenvalue weighted by atomic mass is 16.5. The highest BCUT2D eigenvalue weighted by molar-refractivity contribution is 5.86. The van der Waals surface area contributed by atoms with Crippen LogP contribution in [0.1, 0.15) is 18.9 Å². The van der Waals surface area contributed by atoms with Gasteiger partial charge in [0, 0.05) is 13.0 Å². The van der Waals surface area contributed by atoms with E-state index in [0.717, 1.165) is 12.0 Å². The van der Waals surface area contributed by atoms with E-state index in [4.69, 9.17) is 4.74 Å². The Kier molecular flexibility index (Phi) is 4.80. The summed E-state index contributed by atoms with van der Waals surface area (Å²) < 4.78 is 5.34. The van der Waals surface area contributed by atoms with Crippen molar-refractivity contribution in [3.8, 4) is 5.75 Å². The summed E-state index contributed by atoms with van der Waals surface area (Å²) >= 11 is 0. The molecule has 1 aromatic rings. The second kappa shape index (κ2) is 6.58. The lowest BCUT2D eigenvalue weighted by Crippen LogP contribution is -2.47. The van der Waals surface area contributed by atoms with Gasteiger partial charge in [-0.3, -0.25) is 4.79 Å². The minimum atomic E-state index is -1.10. The fourth-order valence-corrected chi connectivity index (χ4v) is 2.35. The summed E-state index contributed by atoms with van der Waals surface area (Å²) in [4.78, 5) is 23.4. The van der Waals surface area contributed by atoms with Crippen LogP contribution in [0, 0.1) is 5.92 Å². The van der Waals surface area contributed by atoms with Crippen molar-refractivity contribution in [1.82, 2.24) is 5.32 Å². The van der Waals surface area contributed by atoms with Gasteiger partial charge in [-0.1, -0.05) is 19.1 Å². The number of rotatable bonds is 5. The Hall–Kier alpha value is -2.08. The van der Waals surface area contributed by atoms with Crippen LogP contribution in [-0.2, 0) is 20.7 Å². The lowest BCUT2D eigenvalue weighted by Gasteiger charge is -2.19. The van der Waals surface area contributed by atoms with E-state index in [-0.39, 0.29) is 24.0 Å². The van der Waals surface area contributed by atoms with Crippen molar-refractivity contribution in [2.75, 3.05) is 6.61 Å². The van der Waals surface area contributed by atoms with Crippen LogP contribution in [0.3, 0.4) is 0 Å². The number of ether oxygens (including phenoxy) is 1. The highest BCUT2D eigenvalue weighted by Gasteiger charge is 2.33. The van der Waals surface area contributed by atoms with E-state index in [2.05, 4.69) is 5.32 Å². The smallest absolute Gasteiger partial charge is 0.326 e. The number of benzene rings is 1. The molecule has 2 rings (SSSR count). The first-order valence-corrected chi connectivity index (χ1v) is 6.90. The van der Waals surface area contributed by atoms with E-state index < -0.39 is 18.1 Å². The number of aromatic hydroxyl groups is 1. The number of nitrogens with one attached hydrogen (secondary N) is 1. The first kappa shape index (κ1) is 15.3. The fourth-order valence-electron chi connectivity index (χ4n) is 2.35. The van der Waals surface area contributed by atoms with Gasteiger partial charge in [0.15, 0.2) is 0 Å². The highest BCUT2D eigenvalue weighted by Crippen LogP contribution is 2.20. The minimum Gasteiger partial charge on any atom is -0.508 e. The van der Waals surface area contributed by atoms with Crippen molar-refractivity contribution in [3.63, 3.8) is 0 Å². The van der Waals surface area contributed by atoms with Crippen LogP contribution >= 0.6 is 0 Å². The molecule has 1 heterocycles. The monoisotopic (exact) mass is 293 g/mol. The maximum atomic E-state index is 12.1. The number of carbonyl (C=O) groups is 2. The van der Waals surface area contributed by atoms with Crippen LogP contribution in [0.4, 0.5) is 0 Å². The Balaban J connectivity index is 2.00. The quantitative estimate of drug-likeness (QED) is 0.750. The van der Waals surface area contributed by atoms with Crippen LogP contribution < -0.4 is 5.32 Å². The number of hydrogen-bond donors (Lipinski definition) is 3. The van der Waals surface area contributed by atoms with Gasteiger partial charge in [-0.25, -0.2) is 4.79 Å². The van der Waals surface area contributed by atoms with E-state index in [0.29, 0.717) is 6.61 Å². The van der Waals surface area contributed by atoms with Crippen molar-refractivity contribution >= 4 is 11.9 Å². The van der Waals surface area contributed by atoms with Gasteiger partial charge in [0.05, 0.1) is 0 Å². The van der Waals surface area contributed by atoms with Crippen molar-refractivity contribution in [2.24, 2.45) is 5.92 Å². The van der Waals surface area contributed by atoms with Crippen LogP contribution in [0.5, 0.6) is 5.75 Å². The molecule has 1 amide bonds. The van der Waals surface area contributed by atoms with Gasteiger partial charge in [0.2, 0.25) is 5.91 Å². The SMILES string of the molecule is CC1CCOC1C(=O)NC(Cc1ccc(O)cc1)C(=O)O. The zero-order valence-electron chi connectivity index (χ0n) is 11.8. The molecule has 1 aliphatic heterocycles. The zero-order valence-corrected chi connectivity index (χ0v) is 11.8. The van der Waals surface area contributed by atoms with Crippen LogP contribution in [0.15, 0.2) is 24.3 Å². The topological polar surface area (TPSA) is 95.9 Å². The predicted molar refractivity (Wildman–Crippen MR) is 74.9 cm³/mol. The molecule has 0 bridgehead atoms. The molecule has 6 heteroatoms. The number of hydrogen-bond acceptors (Lipinski definition) is 4. The lowest BCUT2D eigenvalue weighted by molar-refractivity contribution is -0.144. The Labute approximate surface area is 122 Å². The Morgan fingerprint density at radius 3 is 2.57 bits per heavy atom. The van der Waals surface area contributed by atoms with Crippen LogP contribution in [0.2, 0.25) is 0 Å². The van der Waals surface area contributed by atoms with E-state index >= 15 is 0 Å². The standard InChI is InChI=1S/C15H19NO5/c1-9-6-7-21-13(9)14(18)16-12(15(19)20)8-10-2-4-11(17)5-3-10/h2-5,9,12-13,17H,6-8H2,1H3,(H,16,18)(H,19,20). The molecule has 114 valence electrons. The molecular formula is C15H19NO5. The molecule has 0 aliphatic carbocycles. The third kappa shape index (κ3) is 3.95.